The summed E-state index contributed by atoms with van der Waals surface area (Å²) in [6.45, 7) is -1.34. The van der Waals surface area contributed by atoms with E-state index in [-0.39, 0.29) is 11.3 Å². The fourth-order valence-corrected chi connectivity index (χ4v) is 4.86. The summed E-state index contributed by atoms with van der Waals surface area (Å²) in [6, 6.07) is 0. The Balaban J connectivity index is 1.66. The van der Waals surface area contributed by atoms with Gasteiger partial charge < -0.3 is 11.1 Å². The average Bonchev–Trinajstić information content (AvgIpc) is 2.34. The van der Waals surface area contributed by atoms with E-state index in [0.29, 0.717) is 17.8 Å². The van der Waals surface area contributed by atoms with Gasteiger partial charge in [-0.3, -0.25) is 4.79 Å². The fraction of sp³-hybridized carbons (Fsp3) is 0.929. The SMILES string of the molecule is NCC(F)(F)CNC(=O)C12CC3CC(CC(C3)C1)C2. The van der Waals surface area contributed by atoms with Gasteiger partial charge in [-0.25, -0.2) is 8.78 Å². The van der Waals surface area contributed by atoms with Crippen LogP contribution in [0.2, 0.25) is 0 Å². The van der Waals surface area contributed by atoms with Gasteiger partial charge in [0.1, 0.15) is 0 Å². The second kappa shape index (κ2) is 4.40. The molecule has 5 heteroatoms. The highest BCUT2D eigenvalue weighted by atomic mass is 19.3. The third-order valence-corrected chi connectivity index (χ3v) is 5.33. The number of amides is 1. The van der Waals surface area contributed by atoms with Crippen LogP contribution in [0.5, 0.6) is 0 Å². The van der Waals surface area contributed by atoms with Crippen molar-refractivity contribution in [3.63, 3.8) is 0 Å². The second-order valence-electron chi connectivity index (χ2n) is 6.94. The lowest BCUT2D eigenvalue weighted by Crippen LogP contribution is -2.55. The molecule has 4 bridgehead atoms. The molecule has 3 nitrogen and oxygen atoms in total. The van der Waals surface area contributed by atoms with Crippen molar-refractivity contribution in [3.05, 3.63) is 0 Å². The van der Waals surface area contributed by atoms with Gasteiger partial charge in [0.2, 0.25) is 5.91 Å². The molecule has 4 fully saturated rings. The Bertz CT molecular complexity index is 348. The summed E-state index contributed by atoms with van der Waals surface area (Å²) in [4.78, 5) is 12.4. The average molecular weight is 272 g/mol. The van der Waals surface area contributed by atoms with Gasteiger partial charge in [0, 0.05) is 5.41 Å². The first kappa shape index (κ1) is 13.3. The van der Waals surface area contributed by atoms with Crippen LogP contribution < -0.4 is 11.1 Å². The predicted molar refractivity (Wildman–Crippen MR) is 67.6 cm³/mol. The minimum atomic E-state index is -2.99. The number of carbonyl (C=O) groups excluding carboxylic acids is 1. The number of halogens is 2. The third kappa shape index (κ3) is 2.37. The van der Waals surface area contributed by atoms with Crippen LogP contribution in [-0.2, 0) is 4.79 Å². The van der Waals surface area contributed by atoms with E-state index in [4.69, 9.17) is 5.73 Å². The number of nitrogens with two attached hydrogens (primary N) is 1. The van der Waals surface area contributed by atoms with E-state index in [1.54, 1.807) is 0 Å². The van der Waals surface area contributed by atoms with Gasteiger partial charge in [0.25, 0.3) is 5.92 Å². The van der Waals surface area contributed by atoms with E-state index in [1.165, 1.54) is 19.3 Å². The van der Waals surface area contributed by atoms with Crippen LogP contribution in [0.1, 0.15) is 38.5 Å². The van der Waals surface area contributed by atoms with Crippen LogP contribution >= 0.6 is 0 Å². The molecule has 0 aromatic heterocycles. The van der Waals surface area contributed by atoms with E-state index in [0.717, 1.165) is 19.3 Å². The minimum absolute atomic E-state index is 0.153. The van der Waals surface area contributed by atoms with Gasteiger partial charge in [-0.15, -0.1) is 0 Å². The lowest BCUT2D eigenvalue weighted by atomic mass is 9.49. The van der Waals surface area contributed by atoms with Crippen molar-refractivity contribution in [1.29, 1.82) is 0 Å². The van der Waals surface area contributed by atoms with E-state index >= 15 is 0 Å². The van der Waals surface area contributed by atoms with Gasteiger partial charge in [-0.1, -0.05) is 0 Å². The molecule has 0 radical (unpaired) electrons. The maximum Gasteiger partial charge on any atom is 0.277 e. The molecule has 19 heavy (non-hydrogen) atoms. The molecule has 0 aliphatic heterocycles. The van der Waals surface area contributed by atoms with Crippen molar-refractivity contribution in [3.8, 4) is 0 Å². The van der Waals surface area contributed by atoms with Gasteiger partial charge in [0.05, 0.1) is 13.1 Å². The molecule has 0 aromatic carbocycles. The normalized spacial score (nSPS) is 40.5. The summed E-state index contributed by atoms with van der Waals surface area (Å²) in [5.41, 5.74) is 4.65. The highest BCUT2D eigenvalue weighted by molar-refractivity contribution is 5.83. The number of hydrogen-bond acceptors (Lipinski definition) is 2. The molecule has 4 aliphatic carbocycles. The van der Waals surface area contributed by atoms with E-state index in [9.17, 15) is 13.6 Å². The second-order valence-corrected chi connectivity index (χ2v) is 6.94. The summed E-state index contributed by atoms with van der Waals surface area (Å²) < 4.78 is 26.3. The molecule has 0 atom stereocenters. The molecule has 0 aromatic rings. The molecule has 4 rings (SSSR count). The number of nitrogens with one attached hydrogen (secondary N) is 1. The Labute approximate surface area is 112 Å². The van der Waals surface area contributed by atoms with Gasteiger partial charge in [0.15, 0.2) is 0 Å². The molecular formula is C14H22F2N2O. The molecule has 4 saturated carbocycles. The first-order valence-corrected chi connectivity index (χ1v) is 7.29. The van der Waals surface area contributed by atoms with Crippen LogP contribution in [0.4, 0.5) is 8.78 Å². The predicted octanol–water partition coefficient (Wildman–Crippen LogP) is 1.91. The molecule has 0 unspecified atom stereocenters. The largest absolute Gasteiger partial charge is 0.350 e. The number of carbonyl (C=O) groups is 1. The van der Waals surface area contributed by atoms with Crippen LogP contribution in [0.15, 0.2) is 0 Å². The molecule has 0 spiro atoms. The highest BCUT2D eigenvalue weighted by Gasteiger charge is 2.54. The first-order chi connectivity index (χ1) is 8.92. The summed E-state index contributed by atoms with van der Waals surface area (Å²) in [6.07, 6.45) is 6.43. The standard InChI is InChI=1S/C14H22F2N2O/c15-14(16,7-17)8-18-12(19)13-4-9-1-10(5-13)3-11(2-9)6-13/h9-11H,1-8,17H2,(H,18,19). The quantitative estimate of drug-likeness (QED) is 0.821. The van der Waals surface area contributed by atoms with Crippen molar-refractivity contribution in [1.82, 2.24) is 5.32 Å². The van der Waals surface area contributed by atoms with Gasteiger partial charge in [-0.2, -0.15) is 0 Å². The smallest absolute Gasteiger partial charge is 0.277 e. The third-order valence-electron chi connectivity index (χ3n) is 5.33. The lowest BCUT2D eigenvalue weighted by molar-refractivity contribution is -0.147. The summed E-state index contributed by atoms with van der Waals surface area (Å²) >= 11 is 0. The molecule has 1 amide bonds. The van der Waals surface area contributed by atoms with Crippen molar-refractivity contribution in [2.75, 3.05) is 13.1 Å². The van der Waals surface area contributed by atoms with Gasteiger partial charge >= 0.3 is 0 Å². The minimum Gasteiger partial charge on any atom is -0.350 e. The fourth-order valence-electron chi connectivity index (χ4n) is 4.86. The Kier molecular flexibility index (Phi) is 3.08. The molecule has 3 N–H and O–H groups in total. The maximum absolute atomic E-state index is 13.1. The van der Waals surface area contributed by atoms with Crippen molar-refractivity contribution in [2.45, 2.75) is 44.4 Å². The number of hydrogen-bond donors (Lipinski definition) is 2. The first-order valence-electron chi connectivity index (χ1n) is 7.29. The van der Waals surface area contributed by atoms with Crippen LogP contribution in [0, 0.1) is 23.2 Å². The van der Waals surface area contributed by atoms with Crippen LogP contribution in [0.25, 0.3) is 0 Å². The van der Waals surface area contributed by atoms with Gasteiger partial charge in [-0.05, 0) is 56.3 Å². The van der Waals surface area contributed by atoms with E-state index < -0.39 is 19.0 Å². The molecule has 4 aliphatic rings. The van der Waals surface area contributed by atoms with Crippen LogP contribution in [0.3, 0.4) is 0 Å². The van der Waals surface area contributed by atoms with Crippen molar-refractivity contribution in [2.24, 2.45) is 28.9 Å². The molecular weight excluding hydrogens is 250 g/mol. The van der Waals surface area contributed by atoms with Crippen LogP contribution in [-0.4, -0.2) is 24.9 Å². The zero-order chi connectivity index (χ0) is 13.7. The summed E-state index contributed by atoms with van der Waals surface area (Å²) in [5, 5.41) is 2.46. The molecule has 0 heterocycles. The van der Waals surface area contributed by atoms with Crippen molar-refractivity contribution < 1.29 is 13.6 Å². The number of alkyl halides is 2. The zero-order valence-corrected chi connectivity index (χ0v) is 11.1. The Hall–Kier alpha value is -0.710. The monoisotopic (exact) mass is 272 g/mol. The highest BCUT2D eigenvalue weighted by Crippen LogP contribution is 2.60. The summed E-state index contributed by atoms with van der Waals surface area (Å²) in [7, 11) is 0. The lowest BCUT2D eigenvalue weighted by Gasteiger charge is -2.55. The zero-order valence-electron chi connectivity index (χ0n) is 11.1. The van der Waals surface area contributed by atoms with E-state index in [2.05, 4.69) is 5.32 Å². The Morgan fingerprint density at radius 2 is 1.63 bits per heavy atom. The van der Waals surface area contributed by atoms with Crippen molar-refractivity contribution >= 4 is 5.91 Å². The Morgan fingerprint density at radius 3 is 2.05 bits per heavy atom. The summed E-state index contributed by atoms with van der Waals surface area (Å²) in [5.74, 6) is -1.21. The maximum atomic E-state index is 13.1. The molecule has 0 saturated heterocycles. The topological polar surface area (TPSA) is 55.1 Å². The Morgan fingerprint density at radius 1 is 1.16 bits per heavy atom. The number of rotatable bonds is 4. The van der Waals surface area contributed by atoms with E-state index in [1.807, 2.05) is 0 Å². The molecule has 108 valence electrons.